The zero-order valence-electron chi connectivity index (χ0n) is 13.8. The maximum absolute atomic E-state index is 12.1. The molecule has 0 bridgehead atoms. The summed E-state index contributed by atoms with van der Waals surface area (Å²) in [5.74, 6) is 2.46. The molecule has 1 aromatic heterocycles. The van der Waals surface area contributed by atoms with Crippen LogP contribution in [-0.4, -0.2) is 19.9 Å². The van der Waals surface area contributed by atoms with Crippen LogP contribution < -0.4 is 5.69 Å². The zero-order valence-corrected chi connectivity index (χ0v) is 15.4. The highest BCUT2D eigenvalue weighted by atomic mass is 32.2. The van der Waals surface area contributed by atoms with Gasteiger partial charge in [0.1, 0.15) is 10.5 Å². The Labute approximate surface area is 136 Å². The average molecular weight is 328 g/mol. The first-order chi connectivity index (χ1) is 9.79. The van der Waals surface area contributed by atoms with Gasteiger partial charge in [0.15, 0.2) is 0 Å². The van der Waals surface area contributed by atoms with Crippen LogP contribution in [0.4, 0.5) is 5.82 Å². The molecular formula is C15H25N3OS2. The molecule has 0 saturated carbocycles. The Bertz CT molecular complexity index is 606. The first-order valence-corrected chi connectivity index (χ1v) is 8.63. The SMILES string of the molecule is CCC(C)CCS/C(C)=N/c1c(C)c(=S)n(C)c(=O)n1C. The summed E-state index contributed by atoms with van der Waals surface area (Å²) in [6.07, 6.45) is 2.39. The van der Waals surface area contributed by atoms with Crippen molar-refractivity contribution in [2.45, 2.75) is 40.5 Å². The molecule has 0 N–H and O–H groups in total. The highest BCUT2D eigenvalue weighted by molar-refractivity contribution is 8.13. The van der Waals surface area contributed by atoms with Crippen molar-refractivity contribution in [2.24, 2.45) is 25.0 Å². The lowest BCUT2D eigenvalue weighted by molar-refractivity contribution is 0.549. The van der Waals surface area contributed by atoms with Crippen LogP contribution in [0.1, 0.15) is 39.2 Å². The van der Waals surface area contributed by atoms with Gasteiger partial charge in [-0.3, -0.25) is 9.13 Å². The zero-order chi connectivity index (χ0) is 16.2. The van der Waals surface area contributed by atoms with Gasteiger partial charge in [-0.25, -0.2) is 9.79 Å². The molecule has 1 aromatic rings. The van der Waals surface area contributed by atoms with Gasteiger partial charge in [-0.15, -0.1) is 11.8 Å². The molecule has 0 aliphatic heterocycles. The fraction of sp³-hybridized carbons (Fsp3) is 0.667. The summed E-state index contributed by atoms with van der Waals surface area (Å²) in [7, 11) is 3.43. The molecule has 1 atom stereocenters. The molecule has 0 amide bonds. The van der Waals surface area contributed by atoms with Crippen molar-refractivity contribution in [1.82, 2.24) is 9.13 Å². The van der Waals surface area contributed by atoms with Gasteiger partial charge in [-0.2, -0.15) is 0 Å². The van der Waals surface area contributed by atoms with Crippen molar-refractivity contribution in [3.8, 4) is 0 Å². The van der Waals surface area contributed by atoms with E-state index in [-0.39, 0.29) is 5.69 Å². The van der Waals surface area contributed by atoms with Gasteiger partial charge >= 0.3 is 5.69 Å². The Hall–Kier alpha value is -0.880. The van der Waals surface area contributed by atoms with Crippen LogP contribution in [0.2, 0.25) is 0 Å². The van der Waals surface area contributed by atoms with Crippen LogP contribution in [-0.2, 0) is 14.1 Å². The second kappa shape index (κ2) is 7.94. The van der Waals surface area contributed by atoms with E-state index in [1.54, 1.807) is 30.4 Å². The van der Waals surface area contributed by atoms with Gasteiger partial charge < -0.3 is 0 Å². The third-order valence-corrected chi connectivity index (χ3v) is 5.26. The van der Waals surface area contributed by atoms with E-state index in [0.717, 1.165) is 22.3 Å². The molecule has 0 radical (unpaired) electrons. The van der Waals surface area contributed by atoms with E-state index >= 15 is 0 Å². The van der Waals surface area contributed by atoms with E-state index in [9.17, 15) is 4.79 Å². The number of thioether (sulfide) groups is 1. The molecule has 4 nitrogen and oxygen atoms in total. The van der Waals surface area contributed by atoms with Gasteiger partial charge in [0.05, 0.1) is 5.04 Å². The monoisotopic (exact) mass is 327 g/mol. The van der Waals surface area contributed by atoms with Crippen LogP contribution >= 0.6 is 24.0 Å². The summed E-state index contributed by atoms with van der Waals surface area (Å²) in [5, 5.41) is 0.972. The topological polar surface area (TPSA) is 39.3 Å². The van der Waals surface area contributed by atoms with Gasteiger partial charge in [0.25, 0.3) is 0 Å². The number of aromatic nitrogens is 2. The van der Waals surface area contributed by atoms with Crippen LogP contribution in [0.25, 0.3) is 0 Å². The van der Waals surface area contributed by atoms with Crippen molar-refractivity contribution in [2.75, 3.05) is 5.75 Å². The van der Waals surface area contributed by atoms with Crippen molar-refractivity contribution in [3.63, 3.8) is 0 Å². The van der Waals surface area contributed by atoms with Crippen LogP contribution in [0.15, 0.2) is 9.79 Å². The molecule has 1 heterocycles. The Morgan fingerprint density at radius 1 is 1.38 bits per heavy atom. The first kappa shape index (κ1) is 18.2. The summed E-state index contributed by atoms with van der Waals surface area (Å²) in [6, 6.07) is 0. The molecule has 0 spiro atoms. The lowest BCUT2D eigenvalue weighted by Gasteiger charge is -2.12. The third kappa shape index (κ3) is 4.54. The number of hydrogen-bond donors (Lipinski definition) is 0. The lowest BCUT2D eigenvalue weighted by Crippen LogP contribution is -2.28. The van der Waals surface area contributed by atoms with Gasteiger partial charge in [0.2, 0.25) is 0 Å². The van der Waals surface area contributed by atoms with Crippen LogP contribution in [0.3, 0.4) is 0 Å². The minimum absolute atomic E-state index is 0.137. The summed E-state index contributed by atoms with van der Waals surface area (Å²) >= 11 is 7.03. The maximum atomic E-state index is 12.1. The number of rotatable bonds is 5. The van der Waals surface area contributed by atoms with Crippen LogP contribution in [0, 0.1) is 17.5 Å². The minimum Gasteiger partial charge on any atom is -0.287 e. The predicted octanol–water partition coefficient (Wildman–Crippen LogP) is 3.98. The number of nitrogens with zero attached hydrogens (tertiary/aromatic N) is 3. The van der Waals surface area contributed by atoms with Crippen molar-refractivity contribution in [3.05, 3.63) is 20.7 Å². The molecule has 0 saturated heterocycles. The summed E-state index contributed by atoms with van der Waals surface area (Å²) in [6.45, 7) is 8.38. The van der Waals surface area contributed by atoms with E-state index in [0.29, 0.717) is 10.5 Å². The van der Waals surface area contributed by atoms with E-state index in [1.165, 1.54) is 17.4 Å². The highest BCUT2D eigenvalue weighted by Crippen LogP contribution is 2.20. The third-order valence-electron chi connectivity index (χ3n) is 3.73. The van der Waals surface area contributed by atoms with Gasteiger partial charge in [-0.05, 0) is 31.9 Å². The summed E-state index contributed by atoms with van der Waals surface area (Å²) < 4.78 is 3.59. The fourth-order valence-corrected chi connectivity index (χ4v) is 3.09. The molecule has 1 rings (SSSR count). The van der Waals surface area contributed by atoms with E-state index in [4.69, 9.17) is 12.2 Å². The van der Waals surface area contributed by atoms with E-state index in [1.807, 2.05) is 13.8 Å². The summed E-state index contributed by atoms with van der Waals surface area (Å²) in [4.78, 5) is 16.7. The first-order valence-electron chi connectivity index (χ1n) is 7.24. The molecule has 6 heteroatoms. The van der Waals surface area contributed by atoms with Gasteiger partial charge in [-0.1, -0.05) is 32.5 Å². The normalized spacial score (nSPS) is 13.5. The molecule has 1 unspecified atom stereocenters. The molecule has 118 valence electrons. The second-order valence-electron chi connectivity index (χ2n) is 5.44. The average Bonchev–Trinajstić information content (AvgIpc) is 2.47. The Kier molecular flexibility index (Phi) is 6.87. The Balaban J connectivity index is 2.99. The molecule has 0 aliphatic carbocycles. The lowest BCUT2D eigenvalue weighted by atomic mass is 10.1. The van der Waals surface area contributed by atoms with Crippen molar-refractivity contribution < 1.29 is 0 Å². The second-order valence-corrected chi connectivity index (χ2v) is 7.11. The maximum Gasteiger partial charge on any atom is 0.330 e. The summed E-state index contributed by atoms with van der Waals surface area (Å²) in [5.41, 5.74) is 0.734. The Morgan fingerprint density at radius 3 is 2.57 bits per heavy atom. The standard InChI is InChI=1S/C15H25N3OS2/c1-7-10(2)8-9-21-12(4)16-13-11(3)14(20)18(6)15(19)17(13)5/h10H,7-9H2,1-6H3/b16-12+. The van der Waals surface area contributed by atoms with E-state index < -0.39 is 0 Å². The van der Waals surface area contributed by atoms with Crippen molar-refractivity contribution >= 4 is 34.8 Å². The molecule has 21 heavy (non-hydrogen) atoms. The molecule has 0 fully saturated rings. The molecule has 0 aromatic carbocycles. The predicted molar refractivity (Wildman–Crippen MR) is 95.5 cm³/mol. The fourth-order valence-electron chi connectivity index (χ4n) is 1.95. The molecule has 0 aliphatic rings. The number of hydrogen-bond acceptors (Lipinski definition) is 4. The van der Waals surface area contributed by atoms with Crippen molar-refractivity contribution in [1.29, 1.82) is 0 Å². The Morgan fingerprint density at radius 2 is 2.00 bits per heavy atom. The largest absolute Gasteiger partial charge is 0.330 e. The molecular weight excluding hydrogens is 302 g/mol. The minimum atomic E-state index is -0.137. The highest BCUT2D eigenvalue weighted by Gasteiger charge is 2.09. The quantitative estimate of drug-likeness (QED) is 0.466. The number of aliphatic imine (C=N–C) groups is 1. The van der Waals surface area contributed by atoms with Crippen LogP contribution in [0.5, 0.6) is 0 Å². The van der Waals surface area contributed by atoms with Gasteiger partial charge in [0, 0.05) is 19.7 Å². The smallest absolute Gasteiger partial charge is 0.287 e. The van der Waals surface area contributed by atoms with E-state index in [2.05, 4.69) is 18.8 Å².